The molecular formula is C23H26N2OS. The zero-order valence-corrected chi connectivity index (χ0v) is 16.6. The fourth-order valence-electron chi connectivity index (χ4n) is 4.06. The Bertz CT molecular complexity index is 810. The molecule has 1 fully saturated rings. The fourth-order valence-corrected chi connectivity index (χ4v) is 4.72. The molecular weight excluding hydrogens is 352 g/mol. The lowest BCUT2D eigenvalue weighted by Crippen LogP contribution is -2.36. The van der Waals surface area contributed by atoms with Crippen LogP contribution in [-0.2, 0) is 4.79 Å². The van der Waals surface area contributed by atoms with Crippen LogP contribution in [0.1, 0.15) is 44.1 Å². The van der Waals surface area contributed by atoms with Crippen molar-refractivity contribution >= 4 is 17.7 Å². The summed E-state index contributed by atoms with van der Waals surface area (Å²) >= 11 is 1.84. The van der Waals surface area contributed by atoms with E-state index in [9.17, 15) is 4.79 Å². The number of carbonyl (C=O) groups excluding carboxylic acids is 1. The van der Waals surface area contributed by atoms with Gasteiger partial charge in [-0.2, -0.15) is 5.26 Å². The van der Waals surface area contributed by atoms with Gasteiger partial charge in [0.2, 0.25) is 5.91 Å². The Hall–Kier alpha value is -2.25. The second kappa shape index (κ2) is 9.62. The molecule has 1 saturated carbocycles. The number of thioether (sulfide) groups is 1. The molecule has 27 heavy (non-hydrogen) atoms. The topological polar surface area (TPSA) is 52.9 Å². The summed E-state index contributed by atoms with van der Waals surface area (Å²) in [5, 5.41) is 11.6. The van der Waals surface area contributed by atoms with E-state index in [0.29, 0.717) is 0 Å². The molecule has 2 atom stereocenters. The summed E-state index contributed by atoms with van der Waals surface area (Å²) in [6.45, 7) is 2.24. The van der Waals surface area contributed by atoms with E-state index in [1.807, 2.05) is 17.8 Å². The second-order valence-corrected chi connectivity index (χ2v) is 8.26. The Morgan fingerprint density at radius 2 is 1.89 bits per heavy atom. The Morgan fingerprint density at radius 3 is 2.63 bits per heavy atom. The van der Waals surface area contributed by atoms with Crippen LogP contribution >= 0.6 is 11.8 Å². The van der Waals surface area contributed by atoms with Crippen LogP contribution in [0.4, 0.5) is 0 Å². The van der Waals surface area contributed by atoms with E-state index in [0.717, 1.165) is 31.4 Å². The molecule has 0 aromatic heterocycles. The van der Waals surface area contributed by atoms with Crippen molar-refractivity contribution in [3.05, 3.63) is 54.1 Å². The summed E-state index contributed by atoms with van der Waals surface area (Å²) < 4.78 is 0. The van der Waals surface area contributed by atoms with Gasteiger partial charge in [-0.3, -0.25) is 4.79 Å². The van der Waals surface area contributed by atoms with Gasteiger partial charge >= 0.3 is 0 Å². The minimum atomic E-state index is -0.0526. The van der Waals surface area contributed by atoms with E-state index in [4.69, 9.17) is 5.26 Å². The van der Waals surface area contributed by atoms with Crippen LogP contribution in [0.15, 0.2) is 53.4 Å². The number of hydrogen-bond acceptors (Lipinski definition) is 3. The van der Waals surface area contributed by atoms with Gasteiger partial charge in [-0.05, 0) is 53.3 Å². The Balaban J connectivity index is 1.91. The maximum atomic E-state index is 12.6. The molecule has 0 aliphatic heterocycles. The average Bonchev–Trinajstić information content (AvgIpc) is 2.73. The van der Waals surface area contributed by atoms with Crippen molar-refractivity contribution < 1.29 is 4.79 Å². The molecule has 0 saturated heterocycles. The molecule has 0 radical (unpaired) electrons. The molecule has 0 spiro atoms. The van der Waals surface area contributed by atoms with Gasteiger partial charge in [0.25, 0.3) is 0 Å². The fraction of sp³-hybridized carbons (Fsp3) is 0.391. The predicted molar refractivity (Wildman–Crippen MR) is 112 cm³/mol. The molecule has 4 heteroatoms. The number of nitrogens with zero attached hydrogens (tertiary/aromatic N) is 1. The van der Waals surface area contributed by atoms with Crippen LogP contribution in [0.2, 0.25) is 0 Å². The van der Waals surface area contributed by atoms with Crippen molar-refractivity contribution in [3.8, 4) is 17.2 Å². The van der Waals surface area contributed by atoms with Crippen molar-refractivity contribution in [2.24, 2.45) is 5.92 Å². The minimum absolute atomic E-state index is 0.0192. The zero-order chi connectivity index (χ0) is 19.1. The van der Waals surface area contributed by atoms with Gasteiger partial charge in [-0.25, -0.2) is 0 Å². The molecule has 2 unspecified atom stereocenters. The third-order valence-electron chi connectivity index (χ3n) is 5.28. The molecule has 0 bridgehead atoms. The van der Waals surface area contributed by atoms with Gasteiger partial charge in [-0.15, -0.1) is 11.8 Å². The van der Waals surface area contributed by atoms with Crippen LogP contribution in [-0.4, -0.2) is 18.2 Å². The van der Waals surface area contributed by atoms with Gasteiger partial charge in [-0.1, -0.05) is 56.2 Å². The first-order valence-electron chi connectivity index (χ1n) is 9.71. The lowest BCUT2D eigenvalue weighted by Gasteiger charge is -2.32. The summed E-state index contributed by atoms with van der Waals surface area (Å²) in [5.74, 6) is 1.24. The summed E-state index contributed by atoms with van der Waals surface area (Å²) in [6.07, 6.45) is 4.13. The van der Waals surface area contributed by atoms with Gasteiger partial charge in [0.05, 0.1) is 6.07 Å². The third-order valence-corrected chi connectivity index (χ3v) is 6.18. The van der Waals surface area contributed by atoms with Gasteiger partial charge in [0.1, 0.15) is 6.54 Å². The molecule has 140 valence electrons. The molecule has 1 amide bonds. The SMILES string of the molecule is CCSc1ccc(-c2ccccc2C2CCCCC2C(=O)NCC#N)cc1. The first kappa shape index (κ1) is 19.5. The summed E-state index contributed by atoms with van der Waals surface area (Å²) in [6, 6.07) is 19.2. The highest BCUT2D eigenvalue weighted by molar-refractivity contribution is 7.99. The van der Waals surface area contributed by atoms with E-state index in [-0.39, 0.29) is 24.3 Å². The van der Waals surface area contributed by atoms with Gasteiger partial charge in [0.15, 0.2) is 0 Å². The third kappa shape index (κ3) is 4.73. The summed E-state index contributed by atoms with van der Waals surface area (Å²) in [4.78, 5) is 13.9. The van der Waals surface area contributed by atoms with Crippen LogP contribution in [0, 0.1) is 17.2 Å². The molecule has 0 heterocycles. The lowest BCUT2D eigenvalue weighted by atomic mass is 9.73. The molecule has 3 nitrogen and oxygen atoms in total. The maximum absolute atomic E-state index is 12.6. The summed E-state index contributed by atoms with van der Waals surface area (Å²) in [7, 11) is 0. The predicted octanol–water partition coefficient (Wildman–Crippen LogP) is 5.38. The van der Waals surface area contributed by atoms with E-state index in [1.54, 1.807) is 0 Å². The number of amides is 1. The first-order chi connectivity index (χ1) is 13.2. The smallest absolute Gasteiger partial charge is 0.224 e. The Morgan fingerprint density at radius 1 is 1.15 bits per heavy atom. The van der Waals surface area contributed by atoms with Gasteiger partial charge < -0.3 is 5.32 Å². The minimum Gasteiger partial charge on any atom is -0.343 e. The van der Waals surface area contributed by atoms with Crippen LogP contribution < -0.4 is 5.32 Å². The number of rotatable bonds is 6. The van der Waals surface area contributed by atoms with E-state index in [1.165, 1.54) is 21.6 Å². The lowest BCUT2D eigenvalue weighted by molar-refractivity contribution is -0.126. The largest absolute Gasteiger partial charge is 0.343 e. The highest BCUT2D eigenvalue weighted by Gasteiger charge is 2.33. The summed E-state index contributed by atoms with van der Waals surface area (Å²) in [5.41, 5.74) is 3.67. The molecule has 3 rings (SSSR count). The van der Waals surface area contributed by atoms with Crippen molar-refractivity contribution in [2.45, 2.75) is 43.4 Å². The first-order valence-corrected chi connectivity index (χ1v) is 10.7. The number of hydrogen-bond donors (Lipinski definition) is 1. The van der Waals surface area contributed by atoms with Crippen molar-refractivity contribution in [1.29, 1.82) is 5.26 Å². The molecule has 2 aromatic rings. The second-order valence-electron chi connectivity index (χ2n) is 6.92. The molecule has 1 N–H and O–H groups in total. The highest BCUT2D eigenvalue weighted by atomic mass is 32.2. The monoisotopic (exact) mass is 378 g/mol. The number of carbonyl (C=O) groups is 1. The van der Waals surface area contributed by atoms with Crippen molar-refractivity contribution in [3.63, 3.8) is 0 Å². The van der Waals surface area contributed by atoms with Crippen LogP contribution in [0.25, 0.3) is 11.1 Å². The quantitative estimate of drug-likeness (QED) is 0.542. The Kier molecular flexibility index (Phi) is 6.95. The van der Waals surface area contributed by atoms with Crippen LogP contribution in [0.5, 0.6) is 0 Å². The van der Waals surface area contributed by atoms with E-state index < -0.39 is 0 Å². The molecule has 1 aliphatic carbocycles. The van der Waals surface area contributed by atoms with Gasteiger partial charge in [0, 0.05) is 10.8 Å². The number of benzene rings is 2. The van der Waals surface area contributed by atoms with E-state index in [2.05, 4.69) is 60.8 Å². The normalized spacial score (nSPS) is 19.3. The van der Waals surface area contributed by atoms with Crippen molar-refractivity contribution in [2.75, 3.05) is 12.3 Å². The highest BCUT2D eigenvalue weighted by Crippen LogP contribution is 2.42. The van der Waals surface area contributed by atoms with Crippen molar-refractivity contribution in [1.82, 2.24) is 5.32 Å². The number of nitrogens with one attached hydrogen (secondary N) is 1. The average molecular weight is 379 g/mol. The standard InChI is InChI=1S/C23H26N2OS/c1-2-27-18-13-11-17(12-14-18)19-7-3-4-8-20(19)21-9-5-6-10-22(21)23(26)25-16-15-24/h3-4,7-8,11-14,21-22H,2,5-6,9-10,16H2,1H3,(H,25,26). The molecule has 1 aliphatic rings. The maximum Gasteiger partial charge on any atom is 0.224 e. The Labute approximate surface area is 166 Å². The molecule has 2 aromatic carbocycles. The van der Waals surface area contributed by atoms with E-state index >= 15 is 0 Å². The zero-order valence-electron chi connectivity index (χ0n) is 15.8. The van der Waals surface area contributed by atoms with Crippen LogP contribution in [0.3, 0.4) is 0 Å². The number of nitriles is 1.